The number of benzene rings is 2. The minimum Gasteiger partial charge on any atom is -0.383 e. The molecule has 0 saturated carbocycles. The van der Waals surface area contributed by atoms with Crippen LogP contribution in [0.1, 0.15) is 99.1 Å². The molecule has 2 aromatic rings. The van der Waals surface area contributed by atoms with Crippen LogP contribution >= 0.6 is 0 Å². The summed E-state index contributed by atoms with van der Waals surface area (Å²) < 4.78 is 12.1. The van der Waals surface area contributed by atoms with Gasteiger partial charge in [-0.15, -0.1) is 0 Å². The molecule has 14 nitrogen and oxygen atoms in total. The Morgan fingerprint density at radius 3 is 1.95 bits per heavy atom. The van der Waals surface area contributed by atoms with Gasteiger partial charge in [0, 0.05) is 52.5 Å². The van der Waals surface area contributed by atoms with Crippen LogP contribution in [-0.4, -0.2) is 135 Å². The second-order valence-corrected chi connectivity index (χ2v) is 18.9. The van der Waals surface area contributed by atoms with Crippen molar-refractivity contribution < 1.29 is 33.4 Å². The maximum atomic E-state index is 14.4. The van der Waals surface area contributed by atoms with Crippen molar-refractivity contribution in [3.8, 4) is 0 Å². The smallest absolute Gasteiger partial charge is 0.245 e. The Balaban J connectivity index is 1.79. The van der Waals surface area contributed by atoms with Gasteiger partial charge in [-0.1, -0.05) is 97.4 Å². The molecular weight excluding hydrogens is 811 g/mol. The van der Waals surface area contributed by atoms with Gasteiger partial charge in [-0.25, -0.2) is 0 Å². The van der Waals surface area contributed by atoms with Crippen LogP contribution in [0, 0.1) is 23.7 Å². The summed E-state index contributed by atoms with van der Waals surface area (Å²) in [5.41, 5.74) is 2.83. The van der Waals surface area contributed by atoms with Crippen LogP contribution in [0.2, 0.25) is 0 Å². The molecule has 0 spiro atoms. The number of rotatable bonds is 25. The summed E-state index contributed by atoms with van der Waals surface area (Å²) in [5, 5.41) is 12.5. The van der Waals surface area contributed by atoms with Gasteiger partial charge >= 0.3 is 0 Å². The van der Waals surface area contributed by atoms with Crippen molar-refractivity contribution in [1.82, 2.24) is 30.7 Å². The number of anilines is 1. The topological polar surface area (TPSA) is 162 Å². The molecule has 358 valence electrons. The molecule has 3 rings (SSSR count). The fourth-order valence-corrected chi connectivity index (χ4v) is 9.14. The zero-order chi connectivity index (χ0) is 47.8. The van der Waals surface area contributed by atoms with Crippen LogP contribution < -0.4 is 21.3 Å². The third kappa shape index (κ3) is 15.0. The van der Waals surface area contributed by atoms with Crippen LogP contribution in [0.4, 0.5) is 5.69 Å². The van der Waals surface area contributed by atoms with E-state index < -0.39 is 48.3 Å². The van der Waals surface area contributed by atoms with Gasteiger partial charge in [-0.2, -0.15) is 0 Å². The number of likely N-dealkylation sites (tertiary alicyclic amines) is 1. The summed E-state index contributed by atoms with van der Waals surface area (Å²) in [6.07, 6.45) is 1.06. The van der Waals surface area contributed by atoms with Crippen molar-refractivity contribution >= 4 is 35.2 Å². The predicted octanol–water partition coefficient (Wildman–Crippen LogP) is 5.50. The average Bonchev–Trinajstić information content (AvgIpc) is 3.74. The van der Waals surface area contributed by atoms with Crippen LogP contribution in [0.5, 0.6) is 0 Å². The standard InChI is InChI=1S/C50H81N7O7/c1-15-34(8)45(56(12)50(62)43(31(2)3)54-49(61)44(32(4)5)55(10)11)41(63-13)29-42(58)57-27-19-22-40(57)46(64-14)35(9)47(59)53-39(28-36-20-17-16-18-21-36)48(60)51-30-37-23-25-38(26-24-37)52-33(6)7/h16-18,20-21,23-26,31-35,39-41,43-46,52H,15,19,22,27-30H2,1-14H3,(H,51,60)(H,53,59)(H,54,61)/t34-,35+,39-,40-,41+,43?,44-,45-,46+/m0/s1. The molecule has 0 bridgehead atoms. The number of hydrogen-bond donors (Lipinski definition) is 4. The maximum absolute atomic E-state index is 14.4. The van der Waals surface area contributed by atoms with E-state index in [0.29, 0.717) is 32.0 Å². The average molecular weight is 892 g/mol. The zero-order valence-electron chi connectivity index (χ0n) is 41.3. The fraction of sp³-hybridized carbons (Fsp3) is 0.660. The molecule has 9 atom stereocenters. The molecule has 1 fully saturated rings. The lowest BCUT2D eigenvalue weighted by atomic mass is 9.89. The fourth-order valence-electron chi connectivity index (χ4n) is 9.14. The molecule has 0 aliphatic carbocycles. The molecule has 2 aromatic carbocycles. The summed E-state index contributed by atoms with van der Waals surface area (Å²) in [4.78, 5) is 75.6. The Labute approximate surface area is 384 Å². The Bertz CT molecular complexity index is 1760. The Morgan fingerprint density at radius 1 is 0.781 bits per heavy atom. The lowest BCUT2D eigenvalue weighted by molar-refractivity contribution is -0.148. The molecule has 1 unspecified atom stereocenters. The first-order chi connectivity index (χ1) is 30.2. The monoisotopic (exact) mass is 892 g/mol. The normalized spacial score (nSPS) is 17.9. The zero-order valence-corrected chi connectivity index (χ0v) is 41.3. The van der Waals surface area contributed by atoms with E-state index in [2.05, 4.69) is 35.1 Å². The minimum absolute atomic E-state index is 0.00167. The van der Waals surface area contributed by atoms with Crippen molar-refractivity contribution in [2.45, 2.75) is 149 Å². The number of carbonyl (C=O) groups excluding carboxylic acids is 5. The van der Waals surface area contributed by atoms with Crippen molar-refractivity contribution in [1.29, 1.82) is 0 Å². The van der Waals surface area contributed by atoms with Crippen molar-refractivity contribution in [3.05, 3.63) is 65.7 Å². The number of methoxy groups -OCH3 is 2. The van der Waals surface area contributed by atoms with E-state index in [-0.39, 0.29) is 53.7 Å². The molecule has 1 aliphatic heterocycles. The molecular formula is C50H81N7O7. The second-order valence-electron chi connectivity index (χ2n) is 18.9. The number of carbonyl (C=O) groups is 5. The highest BCUT2D eigenvalue weighted by molar-refractivity contribution is 5.91. The Morgan fingerprint density at radius 2 is 1.42 bits per heavy atom. The van der Waals surface area contributed by atoms with Gasteiger partial charge in [-0.05, 0) is 81.8 Å². The molecule has 1 saturated heterocycles. The summed E-state index contributed by atoms with van der Waals surface area (Å²) in [5.74, 6) is -2.18. The molecule has 1 heterocycles. The highest BCUT2D eigenvalue weighted by atomic mass is 16.5. The molecule has 4 N–H and O–H groups in total. The molecule has 1 aliphatic rings. The first kappa shape index (κ1) is 53.8. The molecule has 14 heteroatoms. The number of amides is 5. The minimum atomic E-state index is -0.856. The van der Waals surface area contributed by atoms with Gasteiger partial charge in [0.1, 0.15) is 12.1 Å². The van der Waals surface area contributed by atoms with Gasteiger partial charge in [0.15, 0.2) is 0 Å². The lowest BCUT2D eigenvalue weighted by Gasteiger charge is -2.41. The highest BCUT2D eigenvalue weighted by Gasteiger charge is 2.43. The summed E-state index contributed by atoms with van der Waals surface area (Å²) >= 11 is 0. The van der Waals surface area contributed by atoms with E-state index in [9.17, 15) is 24.0 Å². The van der Waals surface area contributed by atoms with Crippen LogP contribution in [0.15, 0.2) is 54.6 Å². The third-order valence-electron chi connectivity index (χ3n) is 12.7. The number of likely N-dealkylation sites (N-methyl/N-ethyl adjacent to an activating group) is 2. The molecule has 0 radical (unpaired) electrons. The SMILES string of the molecule is CC[C@H](C)[C@@H]([C@@H](CC(=O)N1CCC[C@H]1[C@H](OC)[C@@H](C)C(=O)N[C@@H](Cc1ccccc1)C(=O)NCc1ccc(NC(C)C)cc1)OC)N(C)C(=O)C(NC(=O)[C@H](C(C)C)N(C)C)C(C)C. The lowest BCUT2D eigenvalue weighted by Crippen LogP contribution is -2.59. The molecule has 64 heavy (non-hydrogen) atoms. The summed E-state index contributed by atoms with van der Waals surface area (Å²) in [7, 11) is 8.56. The van der Waals surface area contributed by atoms with Gasteiger partial charge in [0.2, 0.25) is 29.5 Å². The van der Waals surface area contributed by atoms with Crippen LogP contribution in [0.25, 0.3) is 0 Å². The number of hydrogen-bond acceptors (Lipinski definition) is 9. The highest BCUT2D eigenvalue weighted by Crippen LogP contribution is 2.30. The van der Waals surface area contributed by atoms with E-state index in [1.165, 1.54) is 0 Å². The van der Waals surface area contributed by atoms with Crippen LogP contribution in [0.3, 0.4) is 0 Å². The van der Waals surface area contributed by atoms with Gasteiger partial charge in [0.05, 0.1) is 42.7 Å². The largest absolute Gasteiger partial charge is 0.383 e. The van der Waals surface area contributed by atoms with E-state index in [1.807, 2.05) is 115 Å². The van der Waals surface area contributed by atoms with Crippen molar-refractivity contribution in [2.24, 2.45) is 23.7 Å². The first-order valence-corrected chi connectivity index (χ1v) is 23.3. The Hall–Kier alpha value is -4.53. The number of nitrogens with zero attached hydrogens (tertiary/aromatic N) is 3. The molecule has 0 aromatic heterocycles. The van der Waals surface area contributed by atoms with E-state index in [4.69, 9.17) is 9.47 Å². The van der Waals surface area contributed by atoms with Gasteiger partial charge < -0.3 is 40.5 Å². The van der Waals surface area contributed by atoms with Crippen molar-refractivity contribution in [3.63, 3.8) is 0 Å². The van der Waals surface area contributed by atoms with E-state index >= 15 is 0 Å². The molecule has 5 amide bonds. The van der Waals surface area contributed by atoms with Crippen LogP contribution in [-0.2, 0) is 46.4 Å². The third-order valence-corrected chi connectivity index (χ3v) is 12.7. The van der Waals surface area contributed by atoms with E-state index in [0.717, 1.165) is 29.7 Å². The summed E-state index contributed by atoms with van der Waals surface area (Å²) in [6.45, 7) is 18.6. The summed E-state index contributed by atoms with van der Waals surface area (Å²) in [6, 6.07) is 14.8. The first-order valence-electron chi connectivity index (χ1n) is 23.3. The maximum Gasteiger partial charge on any atom is 0.245 e. The van der Waals surface area contributed by atoms with E-state index in [1.54, 1.807) is 38.0 Å². The number of ether oxygens (including phenoxy) is 2. The van der Waals surface area contributed by atoms with Gasteiger partial charge in [0.25, 0.3) is 0 Å². The quantitative estimate of drug-likeness (QED) is 0.101. The Kier molecular flexibility index (Phi) is 21.7. The second kappa shape index (κ2) is 25.8. The predicted molar refractivity (Wildman–Crippen MR) is 254 cm³/mol. The van der Waals surface area contributed by atoms with Crippen molar-refractivity contribution in [2.75, 3.05) is 47.2 Å². The number of nitrogens with one attached hydrogen (secondary N) is 4. The van der Waals surface area contributed by atoms with Gasteiger partial charge in [-0.3, -0.25) is 28.9 Å².